The summed E-state index contributed by atoms with van der Waals surface area (Å²) < 4.78 is 37.5. The highest BCUT2D eigenvalue weighted by Crippen LogP contribution is 2.31. The number of nitrogens with zero attached hydrogens (tertiary/aromatic N) is 1. The first-order valence-corrected chi connectivity index (χ1v) is 7.23. The van der Waals surface area contributed by atoms with Gasteiger partial charge in [0.1, 0.15) is 5.01 Å². The lowest BCUT2D eigenvalue weighted by molar-refractivity contribution is -0.140. The van der Waals surface area contributed by atoms with E-state index >= 15 is 0 Å². The van der Waals surface area contributed by atoms with Gasteiger partial charge in [-0.25, -0.2) is 9.78 Å². The summed E-state index contributed by atoms with van der Waals surface area (Å²) in [4.78, 5) is 14.5. The highest BCUT2D eigenvalue weighted by atomic mass is 32.1. The number of hydrogen-bond acceptors (Lipinski definition) is 4. The summed E-state index contributed by atoms with van der Waals surface area (Å²) in [5.41, 5.74) is 0.00827. The molecule has 2 aromatic rings. The van der Waals surface area contributed by atoms with Crippen molar-refractivity contribution in [3.8, 4) is 0 Å². The van der Waals surface area contributed by atoms with Gasteiger partial charge < -0.3 is 10.4 Å². The first-order chi connectivity index (χ1) is 10.3. The van der Waals surface area contributed by atoms with Crippen LogP contribution in [0.4, 0.5) is 13.2 Å². The SMILES string of the molecule is CC(NCc1cccc(C(=O)O)c1)c1nc(C(F)(F)F)cs1. The first kappa shape index (κ1) is 16.4. The molecule has 1 unspecified atom stereocenters. The molecule has 0 aliphatic carbocycles. The Morgan fingerprint density at radius 2 is 2.18 bits per heavy atom. The molecule has 2 N–H and O–H groups in total. The van der Waals surface area contributed by atoms with Crippen LogP contribution in [0, 0.1) is 0 Å². The van der Waals surface area contributed by atoms with Crippen molar-refractivity contribution in [3.63, 3.8) is 0 Å². The van der Waals surface area contributed by atoms with E-state index in [-0.39, 0.29) is 11.6 Å². The molecule has 0 fully saturated rings. The molecule has 0 saturated heterocycles. The number of carboxylic acid groups (broad SMARTS) is 1. The number of carboxylic acids is 1. The van der Waals surface area contributed by atoms with Gasteiger partial charge in [-0.2, -0.15) is 13.2 Å². The van der Waals surface area contributed by atoms with E-state index < -0.39 is 17.8 Å². The van der Waals surface area contributed by atoms with Crippen molar-refractivity contribution >= 4 is 17.3 Å². The lowest BCUT2D eigenvalue weighted by Crippen LogP contribution is -2.18. The summed E-state index contributed by atoms with van der Waals surface area (Å²) in [7, 11) is 0. The van der Waals surface area contributed by atoms with Crippen LogP contribution >= 0.6 is 11.3 Å². The number of alkyl halides is 3. The number of carbonyl (C=O) groups is 1. The molecule has 4 nitrogen and oxygen atoms in total. The second-order valence-electron chi connectivity index (χ2n) is 4.68. The minimum Gasteiger partial charge on any atom is -0.478 e. The van der Waals surface area contributed by atoms with E-state index in [1.807, 2.05) is 0 Å². The molecule has 0 aliphatic heterocycles. The van der Waals surface area contributed by atoms with E-state index in [0.29, 0.717) is 11.6 Å². The van der Waals surface area contributed by atoms with E-state index in [1.165, 1.54) is 12.1 Å². The molecule has 2 rings (SSSR count). The van der Waals surface area contributed by atoms with Crippen molar-refractivity contribution in [3.05, 3.63) is 51.5 Å². The van der Waals surface area contributed by atoms with Crippen molar-refractivity contribution in [2.45, 2.75) is 25.7 Å². The molecule has 0 aliphatic rings. The number of benzene rings is 1. The molecule has 1 aromatic carbocycles. The predicted molar refractivity (Wildman–Crippen MR) is 75.8 cm³/mol. The van der Waals surface area contributed by atoms with Crippen LogP contribution in [0.1, 0.15) is 39.6 Å². The third-order valence-corrected chi connectivity index (χ3v) is 4.00. The standard InChI is InChI=1S/C14H13F3N2O2S/c1-8(12-19-11(7-22-12)14(15,16)17)18-6-9-3-2-4-10(5-9)13(20)21/h2-5,7-8,18H,6H2,1H3,(H,20,21). The minimum atomic E-state index is -4.44. The van der Waals surface area contributed by atoms with Gasteiger partial charge in [0.15, 0.2) is 5.69 Å². The first-order valence-electron chi connectivity index (χ1n) is 6.35. The monoisotopic (exact) mass is 330 g/mol. The molecule has 0 spiro atoms. The van der Waals surface area contributed by atoms with E-state index in [2.05, 4.69) is 10.3 Å². The van der Waals surface area contributed by atoms with Gasteiger partial charge in [-0.3, -0.25) is 0 Å². The van der Waals surface area contributed by atoms with Crippen LogP contribution in [0.2, 0.25) is 0 Å². The second-order valence-corrected chi connectivity index (χ2v) is 5.57. The fourth-order valence-electron chi connectivity index (χ4n) is 1.79. The molecule has 0 bridgehead atoms. The van der Waals surface area contributed by atoms with Crippen LogP contribution in [0.3, 0.4) is 0 Å². The number of rotatable bonds is 5. The predicted octanol–water partition coefficient (Wildman–Crippen LogP) is 3.71. The fourth-order valence-corrected chi connectivity index (χ4v) is 2.65. The molecule has 1 aromatic heterocycles. The van der Waals surface area contributed by atoms with Gasteiger partial charge in [0, 0.05) is 11.9 Å². The lowest BCUT2D eigenvalue weighted by atomic mass is 10.1. The van der Waals surface area contributed by atoms with E-state index in [9.17, 15) is 18.0 Å². The van der Waals surface area contributed by atoms with E-state index in [4.69, 9.17) is 5.11 Å². The van der Waals surface area contributed by atoms with Gasteiger partial charge in [-0.05, 0) is 24.6 Å². The fraction of sp³-hybridized carbons (Fsp3) is 0.286. The maximum Gasteiger partial charge on any atom is 0.434 e. The van der Waals surface area contributed by atoms with Crippen molar-refractivity contribution in [2.75, 3.05) is 0 Å². The number of thiazole rings is 1. The number of aromatic carboxylic acids is 1. The number of hydrogen-bond donors (Lipinski definition) is 2. The molecule has 118 valence electrons. The summed E-state index contributed by atoms with van der Waals surface area (Å²) in [6, 6.07) is 6.00. The molecule has 0 amide bonds. The van der Waals surface area contributed by atoms with Crippen molar-refractivity contribution in [1.29, 1.82) is 0 Å². The smallest absolute Gasteiger partial charge is 0.434 e. The molecule has 0 radical (unpaired) electrons. The molecular weight excluding hydrogens is 317 g/mol. The van der Waals surface area contributed by atoms with Crippen LogP contribution in [-0.4, -0.2) is 16.1 Å². The molecule has 8 heteroatoms. The maximum absolute atomic E-state index is 12.5. The second kappa shape index (κ2) is 6.45. The number of nitrogens with one attached hydrogen (secondary N) is 1. The van der Waals surface area contributed by atoms with Crippen LogP contribution in [0.25, 0.3) is 0 Å². The average molecular weight is 330 g/mol. The van der Waals surface area contributed by atoms with Gasteiger partial charge in [-0.1, -0.05) is 12.1 Å². The topological polar surface area (TPSA) is 62.2 Å². The Labute approximate surface area is 128 Å². The van der Waals surface area contributed by atoms with Crippen LogP contribution in [0.15, 0.2) is 29.6 Å². The van der Waals surface area contributed by atoms with E-state index in [0.717, 1.165) is 22.3 Å². The van der Waals surface area contributed by atoms with Crippen molar-refractivity contribution < 1.29 is 23.1 Å². The highest BCUT2D eigenvalue weighted by molar-refractivity contribution is 7.09. The quantitative estimate of drug-likeness (QED) is 0.877. The summed E-state index contributed by atoms with van der Waals surface area (Å²) in [6.07, 6.45) is -4.44. The maximum atomic E-state index is 12.5. The average Bonchev–Trinajstić information content (AvgIpc) is 2.95. The third kappa shape index (κ3) is 4.05. The Hall–Kier alpha value is -1.93. The van der Waals surface area contributed by atoms with Gasteiger partial charge in [-0.15, -0.1) is 11.3 Å². The van der Waals surface area contributed by atoms with Crippen molar-refractivity contribution in [1.82, 2.24) is 10.3 Å². The molecule has 1 heterocycles. The Balaban J connectivity index is 2.01. The Kier molecular flexibility index (Phi) is 4.82. The summed E-state index contributed by atoms with van der Waals surface area (Å²) >= 11 is 0.940. The Bertz CT molecular complexity index is 670. The van der Waals surface area contributed by atoms with Gasteiger partial charge >= 0.3 is 12.1 Å². The summed E-state index contributed by atoms with van der Waals surface area (Å²) in [5, 5.41) is 13.3. The van der Waals surface area contributed by atoms with Crippen LogP contribution in [0.5, 0.6) is 0 Å². The summed E-state index contributed by atoms with van der Waals surface area (Å²) in [6.45, 7) is 2.04. The zero-order valence-electron chi connectivity index (χ0n) is 11.5. The lowest BCUT2D eigenvalue weighted by Gasteiger charge is -2.11. The minimum absolute atomic E-state index is 0.167. The van der Waals surface area contributed by atoms with Crippen LogP contribution in [-0.2, 0) is 12.7 Å². The number of aromatic nitrogens is 1. The molecular formula is C14H13F3N2O2S. The van der Waals surface area contributed by atoms with E-state index in [1.54, 1.807) is 19.1 Å². The van der Waals surface area contributed by atoms with Crippen molar-refractivity contribution in [2.24, 2.45) is 0 Å². The highest BCUT2D eigenvalue weighted by Gasteiger charge is 2.34. The summed E-state index contributed by atoms with van der Waals surface area (Å²) in [5.74, 6) is -1.02. The zero-order valence-corrected chi connectivity index (χ0v) is 12.3. The third-order valence-electron chi connectivity index (χ3n) is 2.97. The Morgan fingerprint density at radius 1 is 1.45 bits per heavy atom. The number of halogens is 3. The normalized spacial score (nSPS) is 13.1. The van der Waals surface area contributed by atoms with Gasteiger partial charge in [0.25, 0.3) is 0 Å². The van der Waals surface area contributed by atoms with Gasteiger partial charge in [0.05, 0.1) is 11.6 Å². The molecule has 22 heavy (non-hydrogen) atoms. The molecule has 1 atom stereocenters. The van der Waals surface area contributed by atoms with Gasteiger partial charge in [0.2, 0.25) is 0 Å². The Morgan fingerprint density at radius 3 is 2.77 bits per heavy atom. The largest absolute Gasteiger partial charge is 0.478 e. The van der Waals surface area contributed by atoms with Crippen LogP contribution < -0.4 is 5.32 Å². The zero-order chi connectivity index (χ0) is 16.3. The molecule has 0 saturated carbocycles.